The first kappa shape index (κ1) is 17.4. The zero-order valence-corrected chi connectivity index (χ0v) is 14.6. The number of halogens is 1. The Bertz CT molecular complexity index is 1080. The zero-order valence-electron chi connectivity index (χ0n) is 14.6. The van der Waals surface area contributed by atoms with Crippen LogP contribution < -0.4 is 16.0 Å². The van der Waals surface area contributed by atoms with E-state index in [-0.39, 0.29) is 11.7 Å². The lowest BCUT2D eigenvalue weighted by molar-refractivity contribution is -0.110. The fraction of sp³-hybridized carbons (Fsp3) is 0. The molecular formula is C21H15FN4O2. The second kappa shape index (κ2) is 7.32. The van der Waals surface area contributed by atoms with Crippen molar-refractivity contribution < 1.29 is 14.0 Å². The van der Waals surface area contributed by atoms with E-state index in [9.17, 15) is 14.0 Å². The van der Waals surface area contributed by atoms with Gasteiger partial charge in [0.25, 0.3) is 5.91 Å². The van der Waals surface area contributed by atoms with E-state index in [1.54, 1.807) is 24.3 Å². The highest BCUT2D eigenvalue weighted by Gasteiger charge is 2.25. The molecule has 1 heterocycles. The fourth-order valence-corrected chi connectivity index (χ4v) is 2.79. The second-order valence-electron chi connectivity index (χ2n) is 6.09. The smallest absolute Gasteiger partial charge is 0.320 e. The number of rotatable bonds is 3. The van der Waals surface area contributed by atoms with Crippen molar-refractivity contribution in [2.75, 3.05) is 16.0 Å². The average Bonchev–Trinajstić information content (AvgIpc) is 3.00. The van der Waals surface area contributed by atoms with Crippen molar-refractivity contribution in [3.8, 4) is 0 Å². The standard InChI is InChI=1S/C21H15FN4O2/c22-13-5-7-15(8-6-13)24-21(28)25-16-11-9-14(10-12-16)23-19-17-3-1-2-4-18(17)26-20(19)27/h1-12H,(H,23,26,27)(H2,24,25,28). The number of carbonyl (C=O) groups excluding carboxylic acids is 2. The van der Waals surface area contributed by atoms with Gasteiger partial charge in [-0.3, -0.25) is 4.79 Å². The Morgan fingerprint density at radius 1 is 0.857 bits per heavy atom. The van der Waals surface area contributed by atoms with Crippen LogP contribution in [-0.4, -0.2) is 17.6 Å². The number of anilines is 3. The maximum Gasteiger partial charge on any atom is 0.323 e. The minimum absolute atomic E-state index is 0.248. The van der Waals surface area contributed by atoms with Crippen LogP contribution in [0.3, 0.4) is 0 Å². The van der Waals surface area contributed by atoms with Crippen LogP contribution in [0, 0.1) is 5.82 Å². The Kier molecular flexibility index (Phi) is 4.55. The largest absolute Gasteiger partial charge is 0.323 e. The quantitative estimate of drug-likeness (QED) is 0.629. The summed E-state index contributed by atoms with van der Waals surface area (Å²) in [6, 6.07) is 19.1. The van der Waals surface area contributed by atoms with Crippen LogP contribution in [0.2, 0.25) is 0 Å². The van der Waals surface area contributed by atoms with E-state index in [1.807, 2.05) is 24.3 Å². The highest BCUT2D eigenvalue weighted by Crippen LogP contribution is 2.26. The molecule has 1 aliphatic heterocycles. The van der Waals surface area contributed by atoms with E-state index in [1.165, 1.54) is 24.3 Å². The van der Waals surface area contributed by atoms with Crippen LogP contribution in [0.25, 0.3) is 0 Å². The molecule has 1 aliphatic rings. The van der Waals surface area contributed by atoms with Crippen molar-refractivity contribution in [1.82, 2.24) is 0 Å². The molecule has 4 rings (SSSR count). The molecule has 0 fully saturated rings. The number of urea groups is 1. The average molecular weight is 374 g/mol. The van der Waals surface area contributed by atoms with Crippen molar-refractivity contribution in [1.29, 1.82) is 0 Å². The molecule has 3 aromatic carbocycles. The summed E-state index contributed by atoms with van der Waals surface area (Å²) in [5, 5.41) is 8.06. The van der Waals surface area contributed by atoms with Gasteiger partial charge in [-0.05, 0) is 54.6 Å². The van der Waals surface area contributed by atoms with E-state index >= 15 is 0 Å². The van der Waals surface area contributed by atoms with Crippen LogP contribution in [0.1, 0.15) is 5.56 Å². The van der Waals surface area contributed by atoms with Crippen molar-refractivity contribution in [2.45, 2.75) is 0 Å². The molecule has 7 heteroatoms. The third-order valence-corrected chi connectivity index (χ3v) is 4.11. The molecule has 3 aromatic rings. The van der Waals surface area contributed by atoms with Crippen molar-refractivity contribution in [3.05, 3.63) is 84.2 Å². The van der Waals surface area contributed by atoms with Crippen LogP contribution in [-0.2, 0) is 4.79 Å². The normalized spacial score (nSPS) is 13.8. The Hall–Kier alpha value is -4.00. The van der Waals surface area contributed by atoms with Gasteiger partial charge in [0.2, 0.25) is 0 Å². The van der Waals surface area contributed by atoms with Gasteiger partial charge in [-0.15, -0.1) is 0 Å². The summed E-state index contributed by atoms with van der Waals surface area (Å²) in [6.45, 7) is 0. The lowest BCUT2D eigenvalue weighted by atomic mass is 10.1. The van der Waals surface area contributed by atoms with E-state index in [2.05, 4.69) is 20.9 Å². The molecule has 0 radical (unpaired) electrons. The minimum Gasteiger partial charge on any atom is -0.320 e. The summed E-state index contributed by atoms with van der Waals surface area (Å²) < 4.78 is 12.9. The zero-order chi connectivity index (χ0) is 19.5. The lowest BCUT2D eigenvalue weighted by Crippen LogP contribution is -2.19. The number of benzene rings is 3. The number of nitrogens with zero attached hydrogens (tertiary/aromatic N) is 1. The maximum absolute atomic E-state index is 12.9. The number of nitrogens with one attached hydrogen (secondary N) is 3. The van der Waals surface area contributed by atoms with Gasteiger partial charge in [0.15, 0.2) is 0 Å². The summed E-state index contributed by atoms with van der Waals surface area (Å²) in [7, 11) is 0. The molecule has 28 heavy (non-hydrogen) atoms. The lowest BCUT2D eigenvalue weighted by Gasteiger charge is -2.08. The molecule has 6 nitrogen and oxygen atoms in total. The van der Waals surface area contributed by atoms with Gasteiger partial charge in [0, 0.05) is 16.9 Å². The SMILES string of the molecule is O=C(Nc1ccc(F)cc1)Nc1ccc(N=C2C(=O)Nc3ccccc32)cc1. The molecule has 0 spiro atoms. The predicted molar refractivity (Wildman–Crippen MR) is 107 cm³/mol. The number of para-hydroxylation sites is 1. The molecular weight excluding hydrogens is 359 g/mol. The van der Waals surface area contributed by atoms with E-state index < -0.39 is 6.03 Å². The molecule has 3 amide bonds. The molecule has 0 aromatic heterocycles. The van der Waals surface area contributed by atoms with Crippen molar-refractivity contribution in [2.24, 2.45) is 4.99 Å². The van der Waals surface area contributed by atoms with Crippen LogP contribution in [0.15, 0.2) is 77.8 Å². The number of hydrogen-bond acceptors (Lipinski definition) is 3. The van der Waals surface area contributed by atoms with Gasteiger partial charge in [-0.2, -0.15) is 0 Å². The van der Waals surface area contributed by atoms with Gasteiger partial charge < -0.3 is 16.0 Å². The van der Waals surface area contributed by atoms with Crippen LogP contribution in [0.5, 0.6) is 0 Å². The Morgan fingerprint density at radius 2 is 1.46 bits per heavy atom. The monoisotopic (exact) mass is 374 g/mol. The second-order valence-corrected chi connectivity index (χ2v) is 6.09. The van der Waals surface area contributed by atoms with E-state index in [4.69, 9.17) is 0 Å². The molecule has 0 saturated heterocycles. The van der Waals surface area contributed by atoms with E-state index in [0.29, 0.717) is 22.8 Å². The molecule has 3 N–H and O–H groups in total. The third kappa shape index (κ3) is 3.73. The predicted octanol–water partition coefficient (Wildman–Crippen LogP) is 4.54. The minimum atomic E-state index is -0.449. The van der Waals surface area contributed by atoms with Gasteiger partial charge in [0.05, 0.1) is 11.4 Å². The topological polar surface area (TPSA) is 82.6 Å². The summed E-state index contributed by atoms with van der Waals surface area (Å²) in [4.78, 5) is 28.5. The number of hydrogen-bond donors (Lipinski definition) is 3. The molecule has 0 bridgehead atoms. The maximum atomic E-state index is 12.9. The number of aliphatic imine (C=N–C) groups is 1. The molecule has 0 unspecified atom stereocenters. The first-order chi connectivity index (χ1) is 13.6. The third-order valence-electron chi connectivity index (χ3n) is 4.11. The molecule has 0 atom stereocenters. The first-order valence-corrected chi connectivity index (χ1v) is 8.51. The summed E-state index contributed by atoms with van der Waals surface area (Å²) in [5.41, 5.74) is 3.47. The van der Waals surface area contributed by atoms with Crippen molar-refractivity contribution >= 4 is 40.4 Å². The van der Waals surface area contributed by atoms with Gasteiger partial charge in [-0.25, -0.2) is 14.2 Å². The molecule has 138 valence electrons. The van der Waals surface area contributed by atoms with Crippen LogP contribution in [0.4, 0.5) is 31.9 Å². The summed E-state index contributed by atoms with van der Waals surface area (Å²) in [5.74, 6) is -0.621. The Balaban J connectivity index is 1.45. The van der Waals surface area contributed by atoms with Crippen LogP contribution >= 0.6 is 0 Å². The van der Waals surface area contributed by atoms with Gasteiger partial charge in [-0.1, -0.05) is 18.2 Å². The van der Waals surface area contributed by atoms with Crippen molar-refractivity contribution in [3.63, 3.8) is 0 Å². The van der Waals surface area contributed by atoms with E-state index in [0.717, 1.165) is 11.3 Å². The number of fused-ring (bicyclic) bond motifs is 1. The highest BCUT2D eigenvalue weighted by molar-refractivity contribution is 6.54. The van der Waals surface area contributed by atoms with Gasteiger partial charge in [0.1, 0.15) is 11.5 Å². The first-order valence-electron chi connectivity index (χ1n) is 8.51. The summed E-state index contributed by atoms with van der Waals surface area (Å²) in [6.07, 6.45) is 0. The Labute approximate surface area is 160 Å². The Morgan fingerprint density at radius 3 is 2.14 bits per heavy atom. The molecule has 0 saturated carbocycles. The molecule has 0 aliphatic carbocycles. The fourth-order valence-electron chi connectivity index (χ4n) is 2.79. The summed E-state index contributed by atoms with van der Waals surface area (Å²) >= 11 is 0. The van der Waals surface area contributed by atoms with Gasteiger partial charge >= 0.3 is 6.03 Å². The highest BCUT2D eigenvalue weighted by atomic mass is 19.1. The number of carbonyl (C=O) groups is 2. The number of amides is 3.